The zero-order valence-electron chi connectivity index (χ0n) is 21.6. The number of nitrogens with one attached hydrogen (secondary N) is 1. The van der Waals surface area contributed by atoms with Gasteiger partial charge in [0.15, 0.2) is 10.9 Å². The highest BCUT2D eigenvalue weighted by atomic mass is 32.1. The third-order valence-electron chi connectivity index (χ3n) is 6.67. The van der Waals surface area contributed by atoms with E-state index >= 15 is 0 Å². The normalized spacial score (nSPS) is 21.8. The van der Waals surface area contributed by atoms with Gasteiger partial charge in [0.05, 0.1) is 55.0 Å². The number of thiazole rings is 1. The predicted octanol–water partition coefficient (Wildman–Crippen LogP) is 2.15. The SMILES string of the molecule is CC(O)c1cc(-c2csc(NC3=NCC(C(=O)N4CCN(c5ncc(F)cn5)CC4(C)C#N)C=C3)n2)n(C)n1. The summed E-state index contributed by atoms with van der Waals surface area (Å²) >= 11 is 1.41. The van der Waals surface area contributed by atoms with E-state index in [4.69, 9.17) is 0 Å². The number of nitriles is 1. The number of nitrogens with zero attached hydrogens (tertiary/aromatic N) is 9. The Kier molecular flexibility index (Phi) is 7.11. The minimum Gasteiger partial charge on any atom is -0.387 e. The number of dihydropyridines is 1. The molecule has 14 heteroatoms. The Balaban J connectivity index is 1.21. The van der Waals surface area contributed by atoms with Crippen molar-refractivity contribution in [3.8, 4) is 17.5 Å². The lowest BCUT2D eigenvalue weighted by Crippen LogP contribution is -2.63. The van der Waals surface area contributed by atoms with Gasteiger partial charge in [-0.05, 0) is 26.0 Å². The van der Waals surface area contributed by atoms with Crippen LogP contribution in [0.5, 0.6) is 0 Å². The largest absolute Gasteiger partial charge is 0.387 e. The minimum absolute atomic E-state index is 0.181. The van der Waals surface area contributed by atoms with E-state index in [1.54, 1.807) is 53.6 Å². The Morgan fingerprint density at radius 3 is 2.77 bits per heavy atom. The first-order valence-corrected chi connectivity index (χ1v) is 13.2. The molecule has 0 bridgehead atoms. The maximum Gasteiger partial charge on any atom is 0.232 e. The molecule has 202 valence electrons. The van der Waals surface area contributed by atoms with Crippen LogP contribution >= 0.6 is 11.3 Å². The van der Waals surface area contributed by atoms with Gasteiger partial charge in [-0.1, -0.05) is 6.08 Å². The van der Waals surface area contributed by atoms with Crippen molar-refractivity contribution in [3.05, 3.63) is 47.5 Å². The first-order chi connectivity index (χ1) is 18.7. The molecule has 1 fully saturated rings. The van der Waals surface area contributed by atoms with Crippen LogP contribution in [0.15, 0.2) is 41.0 Å². The number of amides is 1. The van der Waals surface area contributed by atoms with Crippen LogP contribution in [0.2, 0.25) is 0 Å². The monoisotopic (exact) mass is 550 g/mol. The molecule has 1 saturated heterocycles. The number of rotatable bonds is 5. The van der Waals surface area contributed by atoms with E-state index in [-0.39, 0.29) is 19.0 Å². The molecule has 0 radical (unpaired) electrons. The summed E-state index contributed by atoms with van der Waals surface area (Å²) in [7, 11) is 1.80. The second-order valence-electron chi connectivity index (χ2n) is 9.61. The second kappa shape index (κ2) is 10.5. The number of carbonyl (C=O) groups excluding carboxylic acids is 1. The van der Waals surface area contributed by atoms with Gasteiger partial charge in [0, 0.05) is 25.5 Å². The van der Waals surface area contributed by atoms with E-state index in [1.165, 1.54) is 11.3 Å². The number of piperazine rings is 1. The zero-order valence-corrected chi connectivity index (χ0v) is 22.4. The van der Waals surface area contributed by atoms with E-state index in [0.29, 0.717) is 35.7 Å². The van der Waals surface area contributed by atoms with Gasteiger partial charge in [0.2, 0.25) is 11.9 Å². The Morgan fingerprint density at radius 1 is 1.36 bits per heavy atom. The Hall–Kier alpha value is -4.22. The zero-order chi connectivity index (χ0) is 27.7. The number of halogens is 1. The van der Waals surface area contributed by atoms with Gasteiger partial charge >= 0.3 is 0 Å². The van der Waals surface area contributed by atoms with Gasteiger partial charge in [0.1, 0.15) is 17.1 Å². The van der Waals surface area contributed by atoms with Gasteiger partial charge in [0.25, 0.3) is 0 Å². The van der Waals surface area contributed by atoms with Gasteiger partial charge < -0.3 is 20.2 Å². The molecule has 0 spiro atoms. The lowest BCUT2D eigenvalue weighted by Gasteiger charge is -2.45. The molecule has 1 amide bonds. The summed E-state index contributed by atoms with van der Waals surface area (Å²) in [4.78, 5) is 33.9. The number of aromatic nitrogens is 5. The third-order valence-corrected chi connectivity index (χ3v) is 7.43. The summed E-state index contributed by atoms with van der Waals surface area (Å²) in [5.41, 5.74) is 0.968. The van der Waals surface area contributed by atoms with Crippen LogP contribution in [-0.2, 0) is 11.8 Å². The van der Waals surface area contributed by atoms with E-state index in [0.717, 1.165) is 23.8 Å². The molecule has 3 atom stereocenters. The quantitative estimate of drug-likeness (QED) is 0.487. The molecular weight excluding hydrogens is 523 g/mol. The summed E-state index contributed by atoms with van der Waals surface area (Å²) < 4.78 is 14.9. The molecule has 2 N–H and O–H groups in total. The molecule has 39 heavy (non-hydrogen) atoms. The molecule has 3 aromatic rings. The molecule has 5 rings (SSSR count). The maximum absolute atomic E-state index is 13.4. The smallest absolute Gasteiger partial charge is 0.232 e. The standard InChI is InChI=1S/C25H27FN10O2S/c1-15(37)18-8-20(34(3)33-18)19-12-39-24(31-19)32-21-5-4-16(9-28-21)22(38)36-7-6-35(14-25(36,2)13-27)23-29-10-17(26)11-30-23/h4-5,8,10-12,15-16,37H,6-7,9,14H2,1-3H3,(H,28,31,32). The molecule has 3 unspecified atom stereocenters. The number of carbonyl (C=O) groups is 1. The summed E-state index contributed by atoms with van der Waals surface area (Å²) in [6, 6.07) is 4.07. The number of aliphatic hydroxyl groups excluding tert-OH is 1. The van der Waals surface area contributed by atoms with Crippen molar-refractivity contribution in [2.45, 2.75) is 25.5 Å². The van der Waals surface area contributed by atoms with Crippen molar-refractivity contribution >= 4 is 34.2 Å². The fourth-order valence-electron chi connectivity index (χ4n) is 4.54. The highest BCUT2D eigenvalue weighted by molar-refractivity contribution is 7.14. The van der Waals surface area contributed by atoms with Crippen molar-refractivity contribution in [3.63, 3.8) is 0 Å². The number of aryl methyl sites for hydroxylation is 1. The van der Waals surface area contributed by atoms with Crippen molar-refractivity contribution in [2.75, 3.05) is 36.4 Å². The molecule has 3 aromatic heterocycles. The molecule has 0 aliphatic carbocycles. The van der Waals surface area contributed by atoms with E-state index in [2.05, 4.69) is 36.4 Å². The third kappa shape index (κ3) is 5.36. The fourth-order valence-corrected chi connectivity index (χ4v) is 5.25. The van der Waals surface area contributed by atoms with Crippen LogP contribution in [0.3, 0.4) is 0 Å². The van der Waals surface area contributed by atoms with Crippen molar-refractivity contribution in [2.24, 2.45) is 18.0 Å². The molecule has 0 aromatic carbocycles. The number of aliphatic hydroxyl groups is 1. The lowest BCUT2D eigenvalue weighted by molar-refractivity contribution is -0.138. The van der Waals surface area contributed by atoms with E-state index in [9.17, 15) is 19.6 Å². The Morgan fingerprint density at radius 2 is 2.13 bits per heavy atom. The van der Waals surface area contributed by atoms with Gasteiger partial charge in [-0.3, -0.25) is 14.5 Å². The first kappa shape index (κ1) is 26.4. The summed E-state index contributed by atoms with van der Waals surface area (Å²) in [5, 5.41) is 29.8. The summed E-state index contributed by atoms with van der Waals surface area (Å²) in [6.07, 6.45) is 5.03. The Labute approximate surface area is 228 Å². The second-order valence-corrected chi connectivity index (χ2v) is 10.5. The Bertz CT molecular complexity index is 1470. The maximum atomic E-state index is 13.4. The first-order valence-electron chi connectivity index (χ1n) is 12.3. The minimum atomic E-state index is -1.11. The van der Waals surface area contributed by atoms with Crippen LogP contribution in [0.4, 0.5) is 15.5 Å². The van der Waals surface area contributed by atoms with Gasteiger partial charge in [-0.15, -0.1) is 11.3 Å². The lowest BCUT2D eigenvalue weighted by atomic mass is 9.94. The highest BCUT2D eigenvalue weighted by Gasteiger charge is 2.43. The summed E-state index contributed by atoms with van der Waals surface area (Å²) in [6.45, 7) is 4.52. The average Bonchev–Trinajstić information content (AvgIpc) is 3.55. The number of hydrogen-bond acceptors (Lipinski definition) is 11. The number of hydrogen-bond donors (Lipinski definition) is 2. The van der Waals surface area contributed by atoms with Gasteiger partial charge in [-0.2, -0.15) is 10.4 Å². The molecule has 2 aliphatic heterocycles. The molecule has 5 heterocycles. The number of aliphatic imine (C=N–C) groups is 1. The average molecular weight is 551 g/mol. The van der Waals surface area contributed by atoms with Crippen LogP contribution in [0.25, 0.3) is 11.4 Å². The van der Waals surface area contributed by atoms with E-state index < -0.39 is 23.4 Å². The topological polar surface area (TPSA) is 148 Å². The van der Waals surface area contributed by atoms with Crippen molar-refractivity contribution < 1.29 is 14.3 Å². The fraction of sp³-hybridized carbons (Fsp3) is 0.400. The van der Waals surface area contributed by atoms with Crippen LogP contribution in [-0.4, -0.2) is 78.2 Å². The predicted molar refractivity (Wildman–Crippen MR) is 143 cm³/mol. The van der Waals surface area contributed by atoms with Crippen LogP contribution in [0, 0.1) is 23.1 Å². The number of amidine groups is 1. The molecule has 12 nitrogen and oxygen atoms in total. The van der Waals surface area contributed by atoms with Gasteiger partial charge in [-0.25, -0.2) is 19.3 Å². The van der Waals surface area contributed by atoms with E-state index in [1.807, 2.05) is 5.38 Å². The summed E-state index contributed by atoms with van der Waals surface area (Å²) in [5.74, 6) is -0.323. The molecular formula is C25H27FN10O2S. The van der Waals surface area contributed by atoms with Crippen LogP contribution in [0.1, 0.15) is 25.6 Å². The number of anilines is 2. The molecule has 2 aliphatic rings. The highest BCUT2D eigenvalue weighted by Crippen LogP contribution is 2.28. The van der Waals surface area contributed by atoms with Crippen LogP contribution < -0.4 is 10.2 Å². The van der Waals surface area contributed by atoms with Crippen molar-refractivity contribution in [1.29, 1.82) is 5.26 Å². The van der Waals surface area contributed by atoms with Crippen molar-refractivity contribution in [1.82, 2.24) is 29.6 Å². The molecule has 0 saturated carbocycles.